The molecular formula is C17H25N5O3S. The first kappa shape index (κ1) is 20.1. The molecule has 2 aromatic rings. The minimum atomic E-state index is -3.82. The van der Waals surface area contributed by atoms with E-state index >= 15 is 0 Å². The van der Waals surface area contributed by atoms with E-state index < -0.39 is 16.1 Å². The molecule has 1 atom stereocenters. The van der Waals surface area contributed by atoms with Crippen molar-refractivity contribution in [2.75, 3.05) is 13.1 Å². The van der Waals surface area contributed by atoms with Crippen molar-refractivity contribution in [3.8, 4) is 0 Å². The van der Waals surface area contributed by atoms with Crippen molar-refractivity contribution in [2.24, 2.45) is 12.8 Å². The molecule has 0 bridgehead atoms. The molecule has 1 aromatic carbocycles. The number of hydrogen-bond acceptors (Lipinski definition) is 5. The fourth-order valence-electron chi connectivity index (χ4n) is 2.52. The van der Waals surface area contributed by atoms with Crippen LogP contribution in [0.4, 0.5) is 0 Å². The van der Waals surface area contributed by atoms with Gasteiger partial charge in [0.15, 0.2) is 0 Å². The van der Waals surface area contributed by atoms with Crippen LogP contribution in [0, 0.1) is 0 Å². The average molecular weight is 379 g/mol. The van der Waals surface area contributed by atoms with E-state index in [1.54, 1.807) is 11.9 Å². The molecule has 1 amide bonds. The van der Waals surface area contributed by atoms with Gasteiger partial charge in [0.2, 0.25) is 15.9 Å². The highest BCUT2D eigenvalue weighted by Crippen LogP contribution is 2.10. The van der Waals surface area contributed by atoms with Gasteiger partial charge in [-0.2, -0.15) is 9.82 Å². The molecule has 1 aromatic heterocycles. The second-order valence-corrected chi connectivity index (χ2v) is 7.79. The number of nitrogens with two attached hydrogens (primary N) is 1. The molecule has 0 fully saturated rings. The second kappa shape index (κ2) is 8.93. The number of benzene rings is 1. The van der Waals surface area contributed by atoms with E-state index in [9.17, 15) is 13.2 Å². The fraction of sp³-hybridized carbons (Fsp3) is 0.412. The molecule has 2 rings (SSSR count). The van der Waals surface area contributed by atoms with Crippen LogP contribution in [0.3, 0.4) is 0 Å². The number of nitrogens with one attached hydrogen (secondary N) is 1. The van der Waals surface area contributed by atoms with Gasteiger partial charge in [0, 0.05) is 26.3 Å². The number of aromatic nitrogens is 2. The third kappa shape index (κ3) is 5.38. The fourth-order valence-corrected chi connectivity index (χ4v) is 3.70. The van der Waals surface area contributed by atoms with Crippen LogP contribution in [-0.2, 0) is 28.4 Å². The number of carbonyl (C=O) groups is 1. The summed E-state index contributed by atoms with van der Waals surface area (Å²) in [5.41, 5.74) is 6.54. The van der Waals surface area contributed by atoms with Gasteiger partial charge in [-0.25, -0.2) is 8.42 Å². The van der Waals surface area contributed by atoms with E-state index in [0.29, 0.717) is 26.1 Å². The van der Waals surface area contributed by atoms with Gasteiger partial charge in [0.1, 0.15) is 4.90 Å². The Morgan fingerprint density at radius 1 is 1.35 bits per heavy atom. The Morgan fingerprint density at radius 3 is 2.62 bits per heavy atom. The molecule has 0 saturated carbocycles. The highest BCUT2D eigenvalue weighted by atomic mass is 32.2. The number of nitrogens with zero attached hydrogens (tertiary/aromatic N) is 3. The summed E-state index contributed by atoms with van der Waals surface area (Å²) in [5.74, 6) is -0.297. The van der Waals surface area contributed by atoms with Crippen molar-refractivity contribution >= 4 is 15.9 Å². The highest BCUT2D eigenvalue weighted by Gasteiger charge is 2.26. The maximum absolute atomic E-state index is 12.8. The summed E-state index contributed by atoms with van der Waals surface area (Å²) in [7, 11) is -2.19. The lowest BCUT2D eigenvalue weighted by Gasteiger charge is -2.26. The van der Waals surface area contributed by atoms with Crippen LogP contribution in [0.25, 0.3) is 0 Å². The van der Waals surface area contributed by atoms with Crippen LogP contribution in [0.1, 0.15) is 18.9 Å². The van der Waals surface area contributed by atoms with Crippen molar-refractivity contribution in [2.45, 2.75) is 30.8 Å². The van der Waals surface area contributed by atoms with E-state index in [0.717, 1.165) is 5.56 Å². The standard InChI is InChI=1S/C17H25N5O3S/c1-14(20-26(24,25)16-11-19-21(2)13-16)17(23)22(10-6-9-18)12-15-7-4-3-5-8-15/h3-5,7-8,11,13-14,20H,6,9-10,12,18H2,1-2H3. The smallest absolute Gasteiger partial charge is 0.244 e. The molecule has 0 aliphatic heterocycles. The number of hydrogen-bond donors (Lipinski definition) is 2. The summed E-state index contributed by atoms with van der Waals surface area (Å²) in [5, 5.41) is 3.85. The van der Waals surface area contributed by atoms with Crippen molar-refractivity contribution in [1.29, 1.82) is 0 Å². The van der Waals surface area contributed by atoms with Crippen LogP contribution in [-0.4, -0.2) is 48.1 Å². The quantitative estimate of drug-likeness (QED) is 0.658. The molecule has 0 aliphatic carbocycles. The SMILES string of the molecule is CC(NS(=O)(=O)c1cnn(C)c1)C(=O)N(CCCN)Cc1ccccc1. The third-order valence-corrected chi connectivity index (χ3v) is 5.35. The van der Waals surface area contributed by atoms with Gasteiger partial charge in [0.25, 0.3) is 0 Å². The zero-order valence-corrected chi connectivity index (χ0v) is 15.8. The zero-order valence-electron chi connectivity index (χ0n) is 15.0. The van der Waals surface area contributed by atoms with E-state index in [1.807, 2.05) is 30.3 Å². The predicted octanol–water partition coefficient (Wildman–Crippen LogP) is 0.465. The molecule has 1 unspecified atom stereocenters. The molecule has 0 radical (unpaired) electrons. The molecule has 26 heavy (non-hydrogen) atoms. The van der Waals surface area contributed by atoms with Crippen molar-refractivity contribution in [1.82, 2.24) is 19.4 Å². The molecule has 9 heteroatoms. The molecule has 142 valence electrons. The summed E-state index contributed by atoms with van der Waals surface area (Å²) < 4.78 is 28.6. The van der Waals surface area contributed by atoms with E-state index in [-0.39, 0.29) is 10.8 Å². The Bertz CT molecular complexity index is 820. The number of rotatable bonds is 9. The molecular weight excluding hydrogens is 354 g/mol. The van der Waals surface area contributed by atoms with Gasteiger partial charge in [0.05, 0.1) is 12.2 Å². The van der Waals surface area contributed by atoms with Gasteiger partial charge in [-0.05, 0) is 25.5 Å². The van der Waals surface area contributed by atoms with Gasteiger partial charge in [-0.1, -0.05) is 30.3 Å². The second-order valence-electron chi connectivity index (χ2n) is 6.08. The zero-order chi connectivity index (χ0) is 19.2. The van der Waals surface area contributed by atoms with Crippen LogP contribution in [0.5, 0.6) is 0 Å². The first-order chi connectivity index (χ1) is 12.3. The Labute approximate surface area is 154 Å². The maximum atomic E-state index is 12.8. The van der Waals surface area contributed by atoms with Gasteiger partial charge in [-0.3, -0.25) is 9.48 Å². The molecule has 0 spiro atoms. The van der Waals surface area contributed by atoms with E-state index in [2.05, 4.69) is 9.82 Å². The van der Waals surface area contributed by atoms with Crippen LogP contribution in [0.15, 0.2) is 47.6 Å². The lowest BCUT2D eigenvalue weighted by molar-refractivity contribution is -0.133. The summed E-state index contributed by atoms with van der Waals surface area (Å²) in [6.07, 6.45) is 3.27. The molecule has 3 N–H and O–H groups in total. The number of carbonyl (C=O) groups excluding carboxylic acids is 1. The van der Waals surface area contributed by atoms with Gasteiger partial charge >= 0.3 is 0 Å². The minimum absolute atomic E-state index is 0.0243. The van der Waals surface area contributed by atoms with Crippen LogP contribution in [0.2, 0.25) is 0 Å². The number of aryl methyl sites for hydroxylation is 1. The minimum Gasteiger partial charge on any atom is -0.337 e. The molecule has 8 nitrogen and oxygen atoms in total. The molecule has 1 heterocycles. The maximum Gasteiger partial charge on any atom is 0.244 e. The average Bonchev–Trinajstić information content (AvgIpc) is 3.06. The monoisotopic (exact) mass is 379 g/mol. The van der Waals surface area contributed by atoms with E-state index in [1.165, 1.54) is 24.0 Å². The predicted molar refractivity (Wildman–Crippen MR) is 98.5 cm³/mol. The topological polar surface area (TPSA) is 110 Å². The van der Waals surface area contributed by atoms with Gasteiger partial charge < -0.3 is 10.6 Å². The number of amides is 1. The first-order valence-corrected chi connectivity index (χ1v) is 9.85. The molecule has 0 aliphatic rings. The Morgan fingerprint density at radius 2 is 2.04 bits per heavy atom. The Balaban J connectivity index is 2.10. The van der Waals surface area contributed by atoms with Crippen molar-refractivity contribution in [3.05, 3.63) is 48.3 Å². The summed E-state index contributed by atoms with van der Waals surface area (Å²) in [4.78, 5) is 14.5. The lowest BCUT2D eigenvalue weighted by atomic mass is 10.2. The van der Waals surface area contributed by atoms with Crippen LogP contribution < -0.4 is 10.5 Å². The summed E-state index contributed by atoms with van der Waals surface area (Å²) in [6.45, 7) is 2.85. The summed E-state index contributed by atoms with van der Waals surface area (Å²) >= 11 is 0. The van der Waals surface area contributed by atoms with E-state index in [4.69, 9.17) is 5.73 Å². The van der Waals surface area contributed by atoms with Gasteiger partial charge in [-0.15, -0.1) is 0 Å². The first-order valence-electron chi connectivity index (χ1n) is 8.37. The highest BCUT2D eigenvalue weighted by molar-refractivity contribution is 7.89. The van der Waals surface area contributed by atoms with Crippen molar-refractivity contribution < 1.29 is 13.2 Å². The van der Waals surface area contributed by atoms with Crippen LogP contribution >= 0.6 is 0 Å². The summed E-state index contributed by atoms with van der Waals surface area (Å²) in [6, 6.07) is 8.65. The van der Waals surface area contributed by atoms with Crippen molar-refractivity contribution in [3.63, 3.8) is 0 Å². The molecule has 0 saturated heterocycles. The lowest BCUT2D eigenvalue weighted by Crippen LogP contribution is -2.47. The third-order valence-electron chi connectivity index (χ3n) is 3.85. The number of sulfonamides is 1. The largest absolute Gasteiger partial charge is 0.337 e. The Hall–Kier alpha value is -2.23. The Kier molecular flexibility index (Phi) is 6.90. The normalized spacial score (nSPS) is 12.7.